The quantitative estimate of drug-likeness (QED) is 0.854. The number of nitrogens with zero attached hydrogens (tertiary/aromatic N) is 1. The van der Waals surface area contributed by atoms with Gasteiger partial charge >= 0.3 is 0 Å². The minimum atomic E-state index is -0.177. The monoisotopic (exact) mass is 323 g/mol. The molecule has 2 aromatic heterocycles. The van der Waals surface area contributed by atoms with Crippen molar-refractivity contribution >= 4 is 34.7 Å². The van der Waals surface area contributed by atoms with E-state index in [1.165, 1.54) is 11.8 Å². The van der Waals surface area contributed by atoms with Crippen LogP contribution < -0.4 is 10.6 Å². The van der Waals surface area contributed by atoms with Gasteiger partial charge in [-0.15, -0.1) is 0 Å². The molecule has 0 aromatic carbocycles. The lowest BCUT2D eigenvalue weighted by atomic mass is 10.1. The number of carbonyl (C=O) groups excluding carboxylic acids is 1. The molecule has 0 bridgehead atoms. The van der Waals surface area contributed by atoms with E-state index in [0.29, 0.717) is 16.4 Å². The molecule has 0 aliphatic heterocycles. The van der Waals surface area contributed by atoms with Gasteiger partial charge < -0.3 is 10.6 Å². The molecule has 0 saturated carbocycles. The van der Waals surface area contributed by atoms with Gasteiger partial charge in [-0.1, -0.05) is 11.6 Å². The van der Waals surface area contributed by atoms with Crippen LogP contribution >= 0.6 is 22.9 Å². The highest BCUT2D eigenvalue weighted by atomic mass is 35.5. The highest BCUT2D eigenvalue weighted by Gasteiger charge is 2.15. The van der Waals surface area contributed by atoms with Gasteiger partial charge in [0.2, 0.25) is 0 Å². The van der Waals surface area contributed by atoms with E-state index in [2.05, 4.69) is 27.1 Å². The standard InChI is InChI=1S/C15H18ClN3OS/c1-3-17-14-7-12(13(16)8-18-14)15(20)19-10(2)6-11-4-5-21-9-11/h4-5,7-10H,3,6H2,1-2H3,(H,17,18)(H,19,20). The third-order valence-corrected chi connectivity index (χ3v) is 3.99. The smallest absolute Gasteiger partial charge is 0.253 e. The Morgan fingerprint density at radius 3 is 3.00 bits per heavy atom. The molecule has 0 aliphatic carbocycles. The van der Waals surface area contributed by atoms with Crippen molar-refractivity contribution in [3.05, 3.63) is 45.2 Å². The summed E-state index contributed by atoms with van der Waals surface area (Å²) in [5.74, 6) is 0.474. The molecule has 2 aromatic rings. The van der Waals surface area contributed by atoms with Crippen molar-refractivity contribution < 1.29 is 4.79 Å². The number of hydrogen-bond donors (Lipinski definition) is 2. The fourth-order valence-electron chi connectivity index (χ4n) is 2.01. The predicted octanol–water partition coefficient (Wildman–Crippen LogP) is 3.59. The predicted molar refractivity (Wildman–Crippen MR) is 88.4 cm³/mol. The molecule has 0 spiro atoms. The minimum Gasteiger partial charge on any atom is -0.370 e. The first-order chi connectivity index (χ1) is 10.1. The van der Waals surface area contributed by atoms with E-state index in [4.69, 9.17) is 11.6 Å². The number of anilines is 1. The van der Waals surface area contributed by atoms with E-state index in [1.54, 1.807) is 17.4 Å². The fraction of sp³-hybridized carbons (Fsp3) is 0.333. The highest BCUT2D eigenvalue weighted by Crippen LogP contribution is 2.18. The van der Waals surface area contributed by atoms with E-state index in [-0.39, 0.29) is 11.9 Å². The molecule has 0 radical (unpaired) electrons. The van der Waals surface area contributed by atoms with Gasteiger partial charge in [0.05, 0.1) is 10.6 Å². The number of amides is 1. The number of carbonyl (C=O) groups is 1. The van der Waals surface area contributed by atoms with Crippen LogP contribution in [-0.4, -0.2) is 23.5 Å². The van der Waals surface area contributed by atoms with E-state index in [9.17, 15) is 4.79 Å². The van der Waals surface area contributed by atoms with Gasteiger partial charge in [0.25, 0.3) is 5.91 Å². The molecular formula is C15H18ClN3OS. The van der Waals surface area contributed by atoms with E-state index < -0.39 is 0 Å². The van der Waals surface area contributed by atoms with Crippen LogP contribution in [0.2, 0.25) is 5.02 Å². The third-order valence-electron chi connectivity index (χ3n) is 2.96. The lowest BCUT2D eigenvalue weighted by Crippen LogP contribution is -2.34. The molecule has 2 rings (SSSR count). The first-order valence-corrected chi connectivity index (χ1v) is 8.13. The Hall–Kier alpha value is -1.59. The van der Waals surface area contributed by atoms with Crippen LogP contribution in [0.1, 0.15) is 29.8 Å². The second-order valence-electron chi connectivity index (χ2n) is 4.79. The summed E-state index contributed by atoms with van der Waals surface area (Å²) in [6.45, 7) is 4.69. The van der Waals surface area contributed by atoms with Crippen LogP contribution in [-0.2, 0) is 6.42 Å². The Kier molecular flexibility index (Phi) is 5.59. The van der Waals surface area contributed by atoms with Crippen LogP contribution in [0.25, 0.3) is 0 Å². The van der Waals surface area contributed by atoms with Gasteiger partial charge in [0, 0.05) is 18.8 Å². The van der Waals surface area contributed by atoms with Crippen molar-refractivity contribution in [3.8, 4) is 0 Å². The number of nitrogens with one attached hydrogen (secondary N) is 2. The lowest BCUT2D eigenvalue weighted by Gasteiger charge is -2.14. The molecule has 0 saturated heterocycles. The number of aromatic nitrogens is 1. The normalized spacial score (nSPS) is 12.0. The van der Waals surface area contributed by atoms with Gasteiger partial charge in [-0.25, -0.2) is 4.98 Å². The fourth-order valence-corrected chi connectivity index (χ4v) is 2.88. The van der Waals surface area contributed by atoms with Crippen LogP contribution in [0, 0.1) is 0 Å². The summed E-state index contributed by atoms with van der Waals surface area (Å²) in [5, 5.41) is 10.5. The molecule has 2 N–H and O–H groups in total. The molecule has 112 valence electrons. The molecule has 1 atom stereocenters. The van der Waals surface area contributed by atoms with E-state index in [1.807, 2.05) is 19.2 Å². The number of thiophene rings is 1. The molecule has 2 heterocycles. The Morgan fingerprint density at radius 1 is 1.52 bits per heavy atom. The van der Waals surface area contributed by atoms with E-state index in [0.717, 1.165) is 13.0 Å². The summed E-state index contributed by atoms with van der Waals surface area (Å²) in [7, 11) is 0. The first-order valence-electron chi connectivity index (χ1n) is 6.81. The number of hydrogen-bond acceptors (Lipinski definition) is 4. The Bertz CT molecular complexity index is 601. The lowest BCUT2D eigenvalue weighted by molar-refractivity contribution is 0.0940. The zero-order valence-electron chi connectivity index (χ0n) is 12.0. The van der Waals surface area contributed by atoms with Gasteiger partial charge in [0.15, 0.2) is 0 Å². The maximum absolute atomic E-state index is 12.3. The van der Waals surface area contributed by atoms with Crippen molar-refractivity contribution in [2.24, 2.45) is 0 Å². The second-order valence-corrected chi connectivity index (χ2v) is 5.98. The minimum absolute atomic E-state index is 0.0407. The number of rotatable bonds is 6. The SMILES string of the molecule is CCNc1cc(C(=O)NC(C)Cc2ccsc2)c(Cl)cn1. The summed E-state index contributed by atoms with van der Waals surface area (Å²) >= 11 is 7.72. The van der Waals surface area contributed by atoms with Crippen LogP contribution in [0.3, 0.4) is 0 Å². The molecule has 6 heteroatoms. The van der Waals surface area contributed by atoms with E-state index >= 15 is 0 Å². The third kappa shape index (κ3) is 4.44. The van der Waals surface area contributed by atoms with Gasteiger partial charge in [-0.2, -0.15) is 11.3 Å². The number of halogens is 1. The molecular weight excluding hydrogens is 306 g/mol. The van der Waals surface area contributed by atoms with Crippen molar-refractivity contribution in [2.75, 3.05) is 11.9 Å². The summed E-state index contributed by atoms with van der Waals surface area (Å²) in [6, 6.07) is 3.79. The van der Waals surface area contributed by atoms with Crippen LogP contribution in [0.4, 0.5) is 5.82 Å². The molecule has 0 fully saturated rings. The Balaban J connectivity index is 2.03. The maximum atomic E-state index is 12.3. The molecule has 1 amide bonds. The van der Waals surface area contributed by atoms with Gasteiger partial charge in [0.1, 0.15) is 5.82 Å². The molecule has 4 nitrogen and oxygen atoms in total. The number of pyridine rings is 1. The summed E-state index contributed by atoms with van der Waals surface area (Å²) in [6.07, 6.45) is 2.30. The average Bonchev–Trinajstić information content (AvgIpc) is 2.93. The summed E-state index contributed by atoms with van der Waals surface area (Å²) < 4.78 is 0. The summed E-state index contributed by atoms with van der Waals surface area (Å²) in [5.41, 5.74) is 1.67. The van der Waals surface area contributed by atoms with Crippen molar-refractivity contribution in [1.29, 1.82) is 0 Å². The van der Waals surface area contributed by atoms with Gasteiger partial charge in [-0.05, 0) is 48.7 Å². The zero-order valence-corrected chi connectivity index (χ0v) is 13.6. The molecule has 0 aliphatic rings. The Labute approximate surface area is 133 Å². The largest absolute Gasteiger partial charge is 0.370 e. The first kappa shape index (κ1) is 15.8. The van der Waals surface area contributed by atoms with Crippen molar-refractivity contribution in [2.45, 2.75) is 26.3 Å². The maximum Gasteiger partial charge on any atom is 0.253 e. The zero-order chi connectivity index (χ0) is 15.2. The average molecular weight is 324 g/mol. The Morgan fingerprint density at radius 2 is 2.33 bits per heavy atom. The van der Waals surface area contributed by atoms with Crippen LogP contribution in [0.15, 0.2) is 29.1 Å². The molecule has 1 unspecified atom stereocenters. The highest BCUT2D eigenvalue weighted by molar-refractivity contribution is 7.07. The topological polar surface area (TPSA) is 54.0 Å². The molecule has 21 heavy (non-hydrogen) atoms. The van der Waals surface area contributed by atoms with Crippen molar-refractivity contribution in [3.63, 3.8) is 0 Å². The van der Waals surface area contributed by atoms with Gasteiger partial charge in [-0.3, -0.25) is 4.79 Å². The van der Waals surface area contributed by atoms with Crippen LogP contribution in [0.5, 0.6) is 0 Å². The van der Waals surface area contributed by atoms with Crippen molar-refractivity contribution in [1.82, 2.24) is 10.3 Å². The summed E-state index contributed by atoms with van der Waals surface area (Å²) in [4.78, 5) is 16.4. The second kappa shape index (κ2) is 7.43.